The van der Waals surface area contributed by atoms with Gasteiger partial charge in [0.25, 0.3) is 0 Å². The van der Waals surface area contributed by atoms with Crippen LogP contribution in [0.5, 0.6) is 0 Å². The molecule has 0 radical (unpaired) electrons. The molecule has 0 saturated heterocycles. The smallest absolute Gasteiger partial charge is 0.0223 e. The van der Waals surface area contributed by atoms with Crippen LogP contribution in [0.15, 0.2) is 24.3 Å². The van der Waals surface area contributed by atoms with E-state index in [1.165, 1.54) is 30.4 Å². The summed E-state index contributed by atoms with van der Waals surface area (Å²) in [6.07, 6.45) is 4.82. The van der Waals surface area contributed by atoms with Crippen molar-refractivity contribution in [1.82, 2.24) is 0 Å². The average molecular weight is 231 g/mol. The van der Waals surface area contributed by atoms with Gasteiger partial charge >= 0.3 is 0 Å². The van der Waals surface area contributed by atoms with Crippen LogP contribution >= 0.6 is 0 Å². The van der Waals surface area contributed by atoms with Crippen molar-refractivity contribution in [2.75, 3.05) is 0 Å². The van der Waals surface area contributed by atoms with E-state index in [-0.39, 0.29) is 5.54 Å². The Balaban J connectivity index is 2.12. The van der Waals surface area contributed by atoms with Crippen molar-refractivity contribution in [3.8, 4) is 0 Å². The van der Waals surface area contributed by atoms with Gasteiger partial charge in [0.2, 0.25) is 0 Å². The van der Waals surface area contributed by atoms with Crippen molar-refractivity contribution >= 4 is 0 Å². The lowest BCUT2D eigenvalue weighted by atomic mass is 9.68. The summed E-state index contributed by atoms with van der Waals surface area (Å²) in [5, 5.41) is 0. The van der Waals surface area contributed by atoms with Gasteiger partial charge in [0.1, 0.15) is 0 Å². The minimum atomic E-state index is 0.00687. The van der Waals surface area contributed by atoms with Crippen molar-refractivity contribution in [2.45, 2.75) is 52.0 Å². The molecular weight excluding hydrogens is 206 g/mol. The summed E-state index contributed by atoms with van der Waals surface area (Å²) >= 11 is 0. The van der Waals surface area contributed by atoms with Gasteiger partial charge in [-0.05, 0) is 43.6 Å². The molecule has 0 bridgehead atoms. The molecule has 1 aliphatic carbocycles. The van der Waals surface area contributed by atoms with Gasteiger partial charge in [0.15, 0.2) is 0 Å². The van der Waals surface area contributed by atoms with Gasteiger partial charge in [0.05, 0.1) is 0 Å². The van der Waals surface area contributed by atoms with E-state index in [1.54, 1.807) is 0 Å². The average Bonchev–Trinajstić information content (AvgIpc) is 2.27. The maximum atomic E-state index is 6.66. The van der Waals surface area contributed by atoms with Crippen molar-refractivity contribution < 1.29 is 0 Å². The molecule has 2 rings (SSSR count). The van der Waals surface area contributed by atoms with E-state index in [1.807, 2.05) is 0 Å². The molecular formula is C16H25N. The quantitative estimate of drug-likeness (QED) is 0.825. The SMILES string of the molecule is Cc1ccc(CC2(N)CC(C)CCC2C)cc1. The van der Waals surface area contributed by atoms with E-state index in [9.17, 15) is 0 Å². The molecule has 1 aliphatic rings. The molecule has 3 atom stereocenters. The Labute approximate surface area is 105 Å². The van der Waals surface area contributed by atoms with Crippen LogP contribution in [-0.4, -0.2) is 5.54 Å². The van der Waals surface area contributed by atoms with E-state index < -0.39 is 0 Å². The molecule has 1 saturated carbocycles. The molecule has 2 N–H and O–H groups in total. The highest BCUT2D eigenvalue weighted by Gasteiger charge is 2.36. The fourth-order valence-corrected chi connectivity index (χ4v) is 3.11. The molecule has 0 heterocycles. The first-order valence-corrected chi connectivity index (χ1v) is 6.84. The van der Waals surface area contributed by atoms with Crippen LogP contribution in [0, 0.1) is 18.8 Å². The summed E-state index contributed by atoms with van der Waals surface area (Å²) in [6.45, 7) is 6.79. The Morgan fingerprint density at radius 3 is 2.47 bits per heavy atom. The van der Waals surface area contributed by atoms with E-state index in [0.717, 1.165) is 12.3 Å². The number of hydrogen-bond acceptors (Lipinski definition) is 1. The van der Waals surface area contributed by atoms with Crippen LogP contribution in [-0.2, 0) is 6.42 Å². The molecule has 0 aliphatic heterocycles. The zero-order chi connectivity index (χ0) is 12.5. The summed E-state index contributed by atoms with van der Waals surface area (Å²) < 4.78 is 0. The highest BCUT2D eigenvalue weighted by atomic mass is 14.8. The topological polar surface area (TPSA) is 26.0 Å². The second kappa shape index (κ2) is 4.81. The lowest BCUT2D eigenvalue weighted by Gasteiger charge is -2.42. The van der Waals surface area contributed by atoms with E-state index in [4.69, 9.17) is 5.73 Å². The molecule has 1 aromatic rings. The number of nitrogens with two attached hydrogens (primary N) is 1. The van der Waals surface area contributed by atoms with Gasteiger partial charge in [-0.2, -0.15) is 0 Å². The first-order valence-electron chi connectivity index (χ1n) is 6.84. The molecule has 94 valence electrons. The van der Waals surface area contributed by atoms with Gasteiger partial charge in [-0.15, -0.1) is 0 Å². The molecule has 1 nitrogen and oxygen atoms in total. The predicted molar refractivity (Wildman–Crippen MR) is 74.0 cm³/mol. The van der Waals surface area contributed by atoms with Crippen molar-refractivity contribution in [2.24, 2.45) is 17.6 Å². The highest BCUT2D eigenvalue weighted by molar-refractivity contribution is 5.23. The summed E-state index contributed by atoms with van der Waals surface area (Å²) in [4.78, 5) is 0. The molecule has 0 aromatic heterocycles. The number of rotatable bonds is 2. The molecule has 0 spiro atoms. The monoisotopic (exact) mass is 231 g/mol. The Kier molecular flexibility index (Phi) is 3.58. The summed E-state index contributed by atoms with van der Waals surface area (Å²) in [7, 11) is 0. The van der Waals surface area contributed by atoms with Gasteiger partial charge in [0, 0.05) is 5.54 Å². The first kappa shape index (κ1) is 12.6. The van der Waals surface area contributed by atoms with Gasteiger partial charge in [-0.3, -0.25) is 0 Å². The van der Waals surface area contributed by atoms with E-state index in [0.29, 0.717) is 5.92 Å². The van der Waals surface area contributed by atoms with Crippen molar-refractivity contribution in [1.29, 1.82) is 0 Å². The lowest BCUT2D eigenvalue weighted by Crippen LogP contribution is -2.51. The maximum absolute atomic E-state index is 6.66. The van der Waals surface area contributed by atoms with E-state index >= 15 is 0 Å². The summed E-state index contributed by atoms with van der Waals surface area (Å²) in [5.74, 6) is 1.42. The van der Waals surface area contributed by atoms with Crippen molar-refractivity contribution in [3.05, 3.63) is 35.4 Å². The largest absolute Gasteiger partial charge is 0.325 e. The van der Waals surface area contributed by atoms with Gasteiger partial charge in [-0.25, -0.2) is 0 Å². The van der Waals surface area contributed by atoms with Crippen LogP contribution in [0.4, 0.5) is 0 Å². The van der Waals surface area contributed by atoms with Crippen LogP contribution in [0.25, 0.3) is 0 Å². The van der Waals surface area contributed by atoms with Crippen LogP contribution < -0.4 is 5.73 Å². The Morgan fingerprint density at radius 1 is 1.18 bits per heavy atom. The molecule has 1 fully saturated rings. The third-order valence-electron chi connectivity index (χ3n) is 4.46. The Hall–Kier alpha value is -0.820. The van der Waals surface area contributed by atoms with Crippen LogP contribution in [0.2, 0.25) is 0 Å². The number of aryl methyl sites for hydroxylation is 1. The van der Waals surface area contributed by atoms with Crippen LogP contribution in [0.3, 0.4) is 0 Å². The second-order valence-electron chi connectivity index (χ2n) is 6.18. The maximum Gasteiger partial charge on any atom is 0.0223 e. The fourth-order valence-electron chi connectivity index (χ4n) is 3.11. The first-order chi connectivity index (χ1) is 7.99. The third-order valence-corrected chi connectivity index (χ3v) is 4.46. The minimum Gasteiger partial charge on any atom is -0.325 e. The van der Waals surface area contributed by atoms with E-state index in [2.05, 4.69) is 45.0 Å². The molecule has 17 heavy (non-hydrogen) atoms. The molecule has 0 amide bonds. The summed E-state index contributed by atoms with van der Waals surface area (Å²) in [5.41, 5.74) is 9.38. The zero-order valence-electron chi connectivity index (χ0n) is 11.4. The normalized spacial score (nSPS) is 33.6. The lowest BCUT2D eigenvalue weighted by molar-refractivity contribution is 0.161. The minimum absolute atomic E-state index is 0.00687. The fraction of sp³-hybridized carbons (Fsp3) is 0.625. The Morgan fingerprint density at radius 2 is 1.82 bits per heavy atom. The van der Waals surface area contributed by atoms with Crippen LogP contribution in [0.1, 0.15) is 44.2 Å². The predicted octanol–water partition coefficient (Wildman–Crippen LogP) is 3.69. The standard InChI is InChI=1S/C16H25N/c1-12-5-8-15(9-6-12)11-16(17)10-13(2)4-7-14(16)3/h5-6,8-9,13-14H,4,7,10-11,17H2,1-3H3. The zero-order valence-corrected chi connectivity index (χ0v) is 11.4. The number of benzene rings is 1. The number of hydrogen-bond donors (Lipinski definition) is 1. The molecule has 1 heteroatoms. The summed E-state index contributed by atoms with van der Waals surface area (Å²) in [6, 6.07) is 8.84. The molecule has 3 unspecified atom stereocenters. The molecule has 1 aromatic carbocycles. The van der Waals surface area contributed by atoms with Crippen molar-refractivity contribution in [3.63, 3.8) is 0 Å². The Bertz CT molecular complexity index is 368. The van der Waals surface area contributed by atoms with Gasteiger partial charge < -0.3 is 5.73 Å². The van der Waals surface area contributed by atoms with Gasteiger partial charge in [-0.1, -0.05) is 50.1 Å². The highest BCUT2D eigenvalue weighted by Crippen LogP contribution is 2.37. The second-order valence-corrected chi connectivity index (χ2v) is 6.18. The third kappa shape index (κ3) is 2.90.